The molecule has 4 heteroatoms. The number of carbonyl (C=O) groups excluding carboxylic acids is 1. The molecule has 0 aliphatic heterocycles. The fourth-order valence-corrected chi connectivity index (χ4v) is 3.16. The summed E-state index contributed by atoms with van der Waals surface area (Å²) in [5, 5.41) is 1.83. The monoisotopic (exact) mass is 322 g/mol. The summed E-state index contributed by atoms with van der Waals surface area (Å²) < 4.78 is 4.23. The Morgan fingerprint density at radius 2 is 1.48 bits per heavy atom. The van der Waals surface area contributed by atoms with Crippen molar-refractivity contribution in [3.63, 3.8) is 0 Å². The maximum atomic E-state index is 12.9. The molecular formula is C19H18N2OS. The minimum absolute atomic E-state index is 0.0314. The molecule has 0 fully saturated rings. The molecule has 0 bridgehead atoms. The highest BCUT2D eigenvalue weighted by Gasteiger charge is 2.19. The van der Waals surface area contributed by atoms with Crippen LogP contribution in [0.3, 0.4) is 0 Å². The molecular weight excluding hydrogens is 304 g/mol. The number of aryl methyl sites for hydroxylation is 1. The van der Waals surface area contributed by atoms with Crippen molar-refractivity contribution >= 4 is 17.4 Å². The largest absolute Gasteiger partial charge is 0.330 e. The Bertz CT molecular complexity index is 727. The molecule has 1 heterocycles. The summed E-state index contributed by atoms with van der Waals surface area (Å²) in [7, 11) is 0. The molecule has 0 aliphatic carbocycles. The molecule has 1 aromatic heterocycles. The predicted octanol–water partition coefficient (Wildman–Crippen LogP) is 4.29. The van der Waals surface area contributed by atoms with Crippen molar-refractivity contribution in [2.45, 2.75) is 20.0 Å². The highest BCUT2D eigenvalue weighted by Crippen LogP contribution is 2.17. The van der Waals surface area contributed by atoms with Crippen molar-refractivity contribution in [3.05, 3.63) is 88.4 Å². The van der Waals surface area contributed by atoms with Crippen LogP contribution in [0.5, 0.6) is 0 Å². The van der Waals surface area contributed by atoms with Gasteiger partial charge in [0.2, 0.25) is 0 Å². The first-order valence-electron chi connectivity index (χ1n) is 7.52. The van der Waals surface area contributed by atoms with Crippen LogP contribution in [0.4, 0.5) is 0 Å². The van der Waals surface area contributed by atoms with Crippen molar-refractivity contribution in [2.75, 3.05) is 0 Å². The van der Waals surface area contributed by atoms with Gasteiger partial charge in [-0.2, -0.15) is 4.37 Å². The summed E-state index contributed by atoms with van der Waals surface area (Å²) in [5.41, 5.74) is 3.74. The molecule has 1 amide bonds. The number of carbonyl (C=O) groups is 1. The third-order valence-electron chi connectivity index (χ3n) is 3.70. The summed E-state index contributed by atoms with van der Waals surface area (Å²) in [6.07, 6.45) is 0. The summed E-state index contributed by atoms with van der Waals surface area (Å²) in [6.45, 7) is 3.06. The Hall–Kier alpha value is -2.46. The van der Waals surface area contributed by atoms with Crippen molar-refractivity contribution in [1.29, 1.82) is 0 Å². The van der Waals surface area contributed by atoms with E-state index in [1.807, 2.05) is 77.9 Å². The maximum Gasteiger partial charge on any atom is 0.257 e. The molecule has 3 nitrogen and oxygen atoms in total. The Balaban J connectivity index is 1.86. The quantitative estimate of drug-likeness (QED) is 0.702. The zero-order chi connectivity index (χ0) is 16.1. The van der Waals surface area contributed by atoms with Crippen LogP contribution in [0.25, 0.3) is 0 Å². The lowest BCUT2D eigenvalue weighted by atomic mass is 10.1. The molecule has 3 rings (SSSR count). The molecule has 116 valence electrons. The Labute approximate surface area is 140 Å². The number of hydrogen-bond donors (Lipinski definition) is 0. The fraction of sp³-hybridized carbons (Fsp3) is 0.158. The first-order valence-corrected chi connectivity index (χ1v) is 8.36. The zero-order valence-corrected chi connectivity index (χ0v) is 13.8. The molecule has 0 aliphatic rings. The van der Waals surface area contributed by atoms with Gasteiger partial charge in [0.15, 0.2) is 0 Å². The maximum absolute atomic E-state index is 12.9. The third-order valence-corrected chi connectivity index (χ3v) is 4.42. The first kappa shape index (κ1) is 15.4. The smallest absolute Gasteiger partial charge is 0.257 e. The van der Waals surface area contributed by atoms with Crippen LogP contribution in [0.2, 0.25) is 0 Å². The van der Waals surface area contributed by atoms with E-state index < -0.39 is 0 Å². The average molecular weight is 322 g/mol. The van der Waals surface area contributed by atoms with Gasteiger partial charge in [0, 0.05) is 18.5 Å². The van der Waals surface area contributed by atoms with Gasteiger partial charge in [-0.3, -0.25) is 4.79 Å². The molecule has 0 spiro atoms. The minimum Gasteiger partial charge on any atom is -0.330 e. The van der Waals surface area contributed by atoms with Crippen molar-refractivity contribution < 1.29 is 4.79 Å². The molecule has 0 saturated carbocycles. The normalized spacial score (nSPS) is 10.5. The summed E-state index contributed by atoms with van der Waals surface area (Å²) in [5.74, 6) is 0.0314. The van der Waals surface area contributed by atoms with E-state index in [0.717, 1.165) is 16.8 Å². The third kappa shape index (κ3) is 3.85. The fourth-order valence-electron chi connectivity index (χ4n) is 2.48. The van der Waals surface area contributed by atoms with Gasteiger partial charge in [0.1, 0.15) is 0 Å². The Kier molecular flexibility index (Phi) is 4.83. The Morgan fingerprint density at radius 1 is 0.957 bits per heavy atom. The van der Waals surface area contributed by atoms with Gasteiger partial charge < -0.3 is 4.90 Å². The first-order chi connectivity index (χ1) is 11.2. The number of amides is 1. The van der Waals surface area contributed by atoms with Crippen molar-refractivity contribution in [2.24, 2.45) is 0 Å². The zero-order valence-electron chi connectivity index (χ0n) is 13.0. The van der Waals surface area contributed by atoms with Crippen LogP contribution in [0.15, 0.2) is 66.0 Å². The van der Waals surface area contributed by atoms with Gasteiger partial charge in [0.25, 0.3) is 5.91 Å². The second kappa shape index (κ2) is 7.20. The van der Waals surface area contributed by atoms with E-state index in [1.165, 1.54) is 11.5 Å². The molecule has 0 N–H and O–H groups in total. The average Bonchev–Trinajstić information content (AvgIpc) is 3.01. The Morgan fingerprint density at radius 3 is 1.91 bits per heavy atom. The van der Waals surface area contributed by atoms with Crippen LogP contribution < -0.4 is 0 Å². The van der Waals surface area contributed by atoms with E-state index in [9.17, 15) is 4.79 Å². The summed E-state index contributed by atoms with van der Waals surface area (Å²) in [4.78, 5) is 14.8. The molecule has 2 aromatic carbocycles. The molecule has 0 unspecified atom stereocenters. The molecule has 0 atom stereocenters. The van der Waals surface area contributed by atoms with Crippen LogP contribution >= 0.6 is 11.5 Å². The summed E-state index contributed by atoms with van der Waals surface area (Å²) >= 11 is 1.33. The van der Waals surface area contributed by atoms with Gasteiger partial charge in [-0.25, -0.2) is 0 Å². The van der Waals surface area contributed by atoms with Crippen LogP contribution in [0.1, 0.15) is 27.2 Å². The van der Waals surface area contributed by atoms with E-state index in [0.29, 0.717) is 18.7 Å². The highest BCUT2D eigenvalue weighted by molar-refractivity contribution is 7.03. The van der Waals surface area contributed by atoms with E-state index >= 15 is 0 Å². The van der Waals surface area contributed by atoms with E-state index in [2.05, 4.69) is 4.37 Å². The van der Waals surface area contributed by atoms with Gasteiger partial charge in [-0.15, -0.1) is 0 Å². The standard InChI is InChI=1S/C19H18N2OS/c1-15-18(14-23-20-15)19(22)21(12-16-8-4-2-5-9-16)13-17-10-6-3-7-11-17/h2-11,14H,12-13H2,1H3. The van der Waals surface area contributed by atoms with Gasteiger partial charge in [-0.05, 0) is 29.6 Å². The summed E-state index contributed by atoms with van der Waals surface area (Å²) in [6, 6.07) is 20.1. The number of hydrogen-bond acceptors (Lipinski definition) is 3. The number of aromatic nitrogens is 1. The van der Waals surface area contributed by atoms with Crippen LogP contribution in [-0.2, 0) is 13.1 Å². The van der Waals surface area contributed by atoms with Gasteiger partial charge in [-0.1, -0.05) is 60.7 Å². The van der Waals surface area contributed by atoms with Crippen LogP contribution in [-0.4, -0.2) is 15.2 Å². The van der Waals surface area contributed by atoms with E-state index in [1.54, 1.807) is 0 Å². The minimum atomic E-state index is 0.0314. The lowest BCUT2D eigenvalue weighted by Gasteiger charge is -2.23. The molecule has 0 saturated heterocycles. The topological polar surface area (TPSA) is 33.2 Å². The SMILES string of the molecule is Cc1nscc1C(=O)N(Cc1ccccc1)Cc1ccccc1. The molecule has 23 heavy (non-hydrogen) atoms. The predicted molar refractivity (Wildman–Crippen MR) is 93.3 cm³/mol. The van der Waals surface area contributed by atoms with Crippen LogP contribution in [0, 0.1) is 6.92 Å². The van der Waals surface area contributed by atoms with Gasteiger partial charge >= 0.3 is 0 Å². The molecule has 3 aromatic rings. The second-order valence-corrected chi connectivity index (χ2v) is 6.08. The van der Waals surface area contributed by atoms with Gasteiger partial charge in [0.05, 0.1) is 11.3 Å². The van der Waals surface area contributed by atoms with E-state index in [4.69, 9.17) is 0 Å². The number of rotatable bonds is 5. The van der Waals surface area contributed by atoms with Crippen molar-refractivity contribution in [1.82, 2.24) is 9.27 Å². The number of nitrogens with zero attached hydrogens (tertiary/aromatic N) is 2. The van der Waals surface area contributed by atoms with E-state index in [-0.39, 0.29) is 5.91 Å². The second-order valence-electron chi connectivity index (χ2n) is 5.45. The lowest BCUT2D eigenvalue weighted by molar-refractivity contribution is 0.0729. The van der Waals surface area contributed by atoms with Crippen molar-refractivity contribution in [3.8, 4) is 0 Å². The lowest BCUT2D eigenvalue weighted by Crippen LogP contribution is -2.30. The molecule has 0 radical (unpaired) electrons. The number of benzene rings is 2. The highest BCUT2D eigenvalue weighted by atomic mass is 32.1.